The zero-order chi connectivity index (χ0) is 13.8. The number of hydrogen-bond donors (Lipinski definition) is 1. The third kappa shape index (κ3) is 3.21. The molecule has 1 aromatic carbocycles. The zero-order valence-corrected chi connectivity index (χ0v) is 13.1. The van der Waals surface area contributed by atoms with Gasteiger partial charge in [0.05, 0.1) is 0 Å². The average molecular weight is 291 g/mol. The predicted octanol–water partition coefficient (Wildman–Crippen LogP) is 3.16. The fraction of sp³-hybridized carbons (Fsp3) is 0.647. The van der Waals surface area contributed by atoms with Gasteiger partial charge in [-0.15, -0.1) is 0 Å². The Morgan fingerprint density at radius 3 is 2.65 bits per heavy atom. The summed E-state index contributed by atoms with van der Waals surface area (Å²) in [6.07, 6.45) is 4.82. The van der Waals surface area contributed by atoms with Gasteiger partial charge in [0.1, 0.15) is 0 Å². The second-order valence-corrected chi connectivity index (χ2v) is 6.67. The third-order valence-electron chi connectivity index (χ3n) is 4.88. The van der Waals surface area contributed by atoms with Gasteiger partial charge in [0.15, 0.2) is 0 Å². The molecule has 0 spiro atoms. The van der Waals surface area contributed by atoms with Crippen molar-refractivity contribution in [2.75, 3.05) is 32.1 Å². The summed E-state index contributed by atoms with van der Waals surface area (Å²) in [5.74, 6) is 0.981. The van der Waals surface area contributed by atoms with E-state index >= 15 is 0 Å². The van der Waals surface area contributed by atoms with Crippen molar-refractivity contribution in [2.24, 2.45) is 5.41 Å². The highest BCUT2D eigenvalue weighted by atomic mass is 32.1. The monoisotopic (exact) mass is 291 g/mol. The fourth-order valence-electron chi connectivity index (χ4n) is 3.55. The van der Waals surface area contributed by atoms with E-state index in [4.69, 9.17) is 4.74 Å². The summed E-state index contributed by atoms with van der Waals surface area (Å²) in [6.45, 7) is 5.31. The summed E-state index contributed by atoms with van der Waals surface area (Å²) in [4.78, 5) is 2.65. The van der Waals surface area contributed by atoms with Crippen molar-refractivity contribution >= 4 is 12.6 Å². The Labute approximate surface area is 127 Å². The van der Waals surface area contributed by atoms with Crippen LogP contribution in [0.1, 0.15) is 30.4 Å². The van der Waals surface area contributed by atoms with Gasteiger partial charge in [0, 0.05) is 26.3 Å². The standard InChI is InChI=1S/C17H25NOS/c20-14-17(7-10-19-11-8-17)13-18-9-3-6-15-4-1-2-5-16(15)12-18/h1-2,4-5,20H,3,6-14H2. The second kappa shape index (κ2) is 6.50. The van der Waals surface area contributed by atoms with E-state index in [1.165, 1.54) is 31.5 Å². The molecule has 2 nitrogen and oxygen atoms in total. The van der Waals surface area contributed by atoms with E-state index in [-0.39, 0.29) is 0 Å². The van der Waals surface area contributed by atoms with E-state index in [1.807, 2.05) is 0 Å². The highest BCUT2D eigenvalue weighted by molar-refractivity contribution is 7.80. The Bertz CT molecular complexity index is 442. The highest BCUT2D eigenvalue weighted by Gasteiger charge is 2.33. The molecular formula is C17H25NOS. The van der Waals surface area contributed by atoms with Crippen molar-refractivity contribution in [2.45, 2.75) is 32.2 Å². The molecule has 1 fully saturated rings. The lowest BCUT2D eigenvalue weighted by Crippen LogP contribution is -2.42. The summed E-state index contributed by atoms with van der Waals surface area (Å²) in [5.41, 5.74) is 3.42. The van der Waals surface area contributed by atoms with Gasteiger partial charge in [-0.05, 0) is 54.5 Å². The van der Waals surface area contributed by atoms with Crippen LogP contribution in [-0.4, -0.2) is 37.0 Å². The number of benzene rings is 1. The Balaban J connectivity index is 1.71. The van der Waals surface area contributed by atoms with Crippen LogP contribution in [0, 0.1) is 5.41 Å². The van der Waals surface area contributed by atoms with Gasteiger partial charge >= 0.3 is 0 Å². The van der Waals surface area contributed by atoms with Gasteiger partial charge in [0.25, 0.3) is 0 Å². The normalized spacial score (nSPS) is 23.1. The highest BCUT2D eigenvalue weighted by Crippen LogP contribution is 2.34. The summed E-state index contributed by atoms with van der Waals surface area (Å²) < 4.78 is 5.54. The first kappa shape index (κ1) is 14.4. The number of aryl methyl sites for hydroxylation is 1. The van der Waals surface area contributed by atoms with E-state index in [1.54, 1.807) is 5.56 Å². The number of thiol groups is 1. The van der Waals surface area contributed by atoms with Crippen molar-refractivity contribution in [3.63, 3.8) is 0 Å². The molecule has 2 aliphatic heterocycles. The predicted molar refractivity (Wildman–Crippen MR) is 86.4 cm³/mol. The van der Waals surface area contributed by atoms with Crippen LogP contribution < -0.4 is 0 Å². The van der Waals surface area contributed by atoms with E-state index < -0.39 is 0 Å². The van der Waals surface area contributed by atoms with Crippen LogP contribution >= 0.6 is 12.6 Å². The molecule has 0 N–H and O–H groups in total. The lowest BCUT2D eigenvalue weighted by molar-refractivity contribution is 0.00661. The average Bonchev–Trinajstić information content (AvgIpc) is 2.69. The molecular weight excluding hydrogens is 266 g/mol. The Morgan fingerprint density at radius 1 is 1.15 bits per heavy atom. The Kier molecular flexibility index (Phi) is 4.69. The molecule has 2 heterocycles. The zero-order valence-electron chi connectivity index (χ0n) is 12.2. The molecule has 0 aliphatic carbocycles. The van der Waals surface area contributed by atoms with Crippen LogP contribution in [0.4, 0.5) is 0 Å². The van der Waals surface area contributed by atoms with Crippen molar-refractivity contribution in [1.82, 2.24) is 4.90 Å². The molecule has 110 valence electrons. The SMILES string of the molecule is SCC1(CN2CCCc3ccccc3C2)CCOCC1. The Hall–Kier alpha value is -0.510. The lowest BCUT2D eigenvalue weighted by atomic mass is 9.81. The van der Waals surface area contributed by atoms with Crippen LogP contribution in [0.5, 0.6) is 0 Å². The Morgan fingerprint density at radius 2 is 1.90 bits per heavy atom. The van der Waals surface area contributed by atoms with Crippen molar-refractivity contribution in [1.29, 1.82) is 0 Å². The van der Waals surface area contributed by atoms with Crippen molar-refractivity contribution in [3.05, 3.63) is 35.4 Å². The maximum atomic E-state index is 5.54. The maximum absolute atomic E-state index is 5.54. The van der Waals surface area contributed by atoms with Crippen LogP contribution in [0.3, 0.4) is 0 Å². The summed E-state index contributed by atoms with van der Waals surface area (Å²) in [7, 11) is 0. The minimum absolute atomic E-state index is 0.362. The first-order chi connectivity index (χ1) is 9.81. The smallest absolute Gasteiger partial charge is 0.0472 e. The molecule has 0 unspecified atom stereocenters. The van der Waals surface area contributed by atoms with Crippen molar-refractivity contribution in [3.8, 4) is 0 Å². The molecule has 2 aliphatic rings. The van der Waals surface area contributed by atoms with Gasteiger partial charge in [-0.3, -0.25) is 4.90 Å². The quantitative estimate of drug-likeness (QED) is 0.859. The molecule has 1 aromatic rings. The summed E-state index contributed by atoms with van der Waals surface area (Å²) >= 11 is 4.65. The minimum atomic E-state index is 0.362. The number of nitrogens with zero attached hydrogens (tertiary/aromatic N) is 1. The number of ether oxygens (including phenoxy) is 1. The fourth-order valence-corrected chi connectivity index (χ4v) is 3.96. The van der Waals surface area contributed by atoms with Gasteiger partial charge < -0.3 is 4.74 Å². The molecule has 1 saturated heterocycles. The minimum Gasteiger partial charge on any atom is -0.381 e. The van der Waals surface area contributed by atoms with Crippen LogP contribution in [-0.2, 0) is 17.7 Å². The third-order valence-corrected chi connectivity index (χ3v) is 5.55. The largest absolute Gasteiger partial charge is 0.381 e. The molecule has 0 atom stereocenters. The van der Waals surface area contributed by atoms with Gasteiger partial charge in [-0.25, -0.2) is 0 Å². The number of hydrogen-bond acceptors (Lipinski definition) is 3. The number of fused-ring (bicyclic) bond motifs is 1. The molecule has 0 aromatic heterocycles. The number of rotatable bonds is 3. The van der Waals surface area contributed by atoms with E-state index in [2.05, 4.69) is 41.8 Å². The van der Waals surface area contributed by atoms with Gasteiger partial charge in [-0.2, -0.15) is 12.6 Å². The van der Waals surface area contributed by atoms with E-state index in [0.717, 1.165) is 38.4 Å². The van der Waals surface area contributed by atoms with Crippen LogP contribution in [0.15, 0.2) is 24.3 Å². The molecule has 0 saturated carbocycles. The molecule has 20 heavy (non-hydrogen) atoms. The topological polar surface area (TPSA) is 12.5 Å². The van der Waals surface area contributed by atoms with E-state index in [9.17, 15) is 0 Å². The van der Waals surface area contributed by atoms with Crippen LogP contribution in [0.25, 0.3) is 0 Å². The lowest BCUT2D eigenvalue weighted by Gasteiger charge is -2.40. The maximum Gasteiger partial charge on any atom is 0.0472 e. The second-order valence-electron chi connectivity index (χ2n) is 6.35. The first-order valence-corrected chi connectivity index (χ1v) is 8.42. The van der Waals surface area contributed by atoms with E-state index in [0.29, 0.717) is 5.41 Å². The molecule has 3 heteroatoms. The molecule has 0 radical (unpaired) electrons. The molecule has 3 rings (SSSR count). The van der Waals surface area contributed by atoms with Gasteiger partial charge in [0.2, 0.25) is 0 Å². The first-order valence-electron chi connectivity index (χ1n) is 7.79. The van der Waals surface area contributed by atoms with Crippen molar-refractivity contribution < 1.29 is 4.74 Å². The van der Waals surface area contributed by atoms with Gasteiger partial charge in [-0.1, -0.05) is 24.3 Å². The molecule has 0 bridgehead atoms. The summed E-state index contributed by atoms with van der Waals surface area (Å²) in [6, 6.07) is 8.93. The van der Waals surface area contributed by atoms with Crippen LogP contribution in [0.2, 0.25) is 0 Å². The summed E-state index contributed by atoms with van der Waals surface area (Å²) in [5, 5.41) is 0. The molecule has 0 amide bonds.